The SMILES string of the molecule is Cc1ccc(-n2c(S[C@@H](C)C(=O)N3CCCC3)nc3ccccc3c2=O)c(C)c1. The Labute approximate surface area is 174 Å². The van der Waals surface area contributed by atoms with Crippen LogP contribution < -0.4 is 5.56 Å². The highest BCUT2D eigenvalue weighted by atomic mass is 32.2. The smallest absolute Gasteiger partial charge is 0.266 e. The van der Waals surface area contributed by atoms with Crippen LogP contribution in [0.15, 0.2) is 52.4 Å². The summed E-state index contributed by atoms with van der Waals surface area (Å²) in [7, 11) is 0. The van der Waals surface area contributed by atoms with Crippen LogP contribution in [0.5, 0.6) is 0 Å². The first-order valence-corrected chi connectivity index (χ1v) is 10.9. The molecule has 5 nitrogen and oxygen atoms in total. The zero-order valence-electron chi connectivity index (χ0n) is 17.0. The highest BCUT2D eigenvalue weighted by Crippen LogP contribution is 2.28. The molecule has 1 fully saturated rings. The van der Waals surface area contributed by atoms with Crippen molar-refractivity contribution in [2.45, 2.75) is 44.0 Å². The first kappa shape index (κ1) is 19.7. The highest BCUT2D eigenvalue weighted by molar-refractivity contribution is 8.00. The number of para-hydroxylation sites is 1. The van der Waals surface area contributed by atoms with Gasteiger partial charge >= 0.3 is 0 Å². The minimum Gasteiger partial charge on any atom is -0.342 e. The molecule has 6 heteroatoms. The predicted octanol–water partition coefficient (Wildman–Crippen LogP) is 4.11. The van der Waals surface area contributed by atoms with E-state index < -0.39 is 0 Å². The van der Waals surface area contributed by atoms with Crippen LogP contribution in [0, 0.1) is 13.8 Å². The highest BCUT2D eigenvalue weighted by Gasteiger charge is 2.26. The Bertz CT molecular complexity index is 1130. The fourth-order valence-electron chi connectivity index (χ4n) is 3.86. The summed E-state index contributed by atoms with van der Waals surface area (Å²) >= 11 is 1.36. The van der Waals surface area contributed by atoms with Gasteiger partial charge in [0.2, 0.25) is 5.91 Å². The molecule has 0 saturated carbocycles. The van der Waals surface area contributed by atoms with Gasteiger partial charge in [-0.25, -0.2) is 4.98 Å². The molecule has 1 saturated heterocycles. The van der Waals surface area contributed by atoms with Crippen LogP contribution in [0.25, 0.3) is 16.6 Å². The average molecular weight is 408 g/mol. The molecule has 4 rings (SSSR count). The van der Waals surface area contributed by atoms with Gasteiger partial charge in [0.15, 0.2) is 5.16 Å². The molecule has 1 atom stereocenters. The normalized spacial score (nSPS) is 15.1. The quantitative estimate of drug-likeness (QED) is 0.483. The van der Waals surface area contributed by atoms with E-state index in [4.69, 9.17) is 4.98 Å². The van der Waals surface area contributed by atoms with Crippen LogP contribution >= 0.6 is 11.8 Å². The molecule has 3 aromatic rings. The first-order chi connectivity index (χ1) is 14.0. The fourth-order valence-corrected chi connectivity index (χ4v) is 4.87. The third-order valence-corrected chi connectivity index (χ3v) is 6.43. The fraction of sp³-hybridized carbons (Fsp3) is 0.348. The third-order valence-electron chi connectivity index (χ3n) is 5.39. The first-order valence-electron chi connectivity index (χ1n) is 10.0. The Morgan fingerprint density at radius 1 is 1.10 bits per heavy atom. The van der Waals surface area contributed by atoms with E-state index in [0.29, 0.717) is 16.1 Å². The van der Waals surface area contributed by atoms with Gasteiger partial charge in [0, 0.05) is 13.1 Å². The molecule has 0 unspecified atom stereocenters. The number of hydrogen-bond donors (Lipinski definition) is 0. The van der Waals surface area contributed by atoms with Crippen molar-refractivity contribution < 1.29 is 4.79 Å². The maximum atomic E-state index is 13.4. The lowest BCUT2D eigenvalue weighted by Crippen LogP contribution is -2.34. The minimum absolute atomic E-state index is 0.106. The molecule has 2 aromatic carbocycles. The summed E-state index contributed by atoms with van der Waals surface area (Å²) in [6.07, 6.45) is 2.12. The van der Waals surface area contributed by atoms with Crippen molar-refractivity contribution >= 4 is 28.6 Å². The summed E-state index contributed by atoms with van der Waals surface area (Å²) in [5, 5.41) is 0.828. The van der Waals surface area contributed by atoms with Crippen LogP contribution in [0.3, 0.4) is 0 Å². The number of fused-ring (bicyclic) bond motifs is 1. The van der Waals surface area contributed by atoms with Gasteiger partial charge in [-0.2, -0.15) is 0 Å². The van der Waals surface area contributed by atoms with Crippen molar-refractivity contribution in [3.05, 3.63) is 63.9 Å². The maximum Gasteiger partial charge on any atom is 0.266 e. The van der Waals surface area contributed by atoms with Crippen molar-refractivity contribution in [2.24, 2.45) is 0 Å². The number of thioether (sulfide) groups is 1. The lowest BCUT2D eigenvalue weighted by molar-refractivity contribution is -0.129. The van der Waals surface area contributed by atoms with Crippen molar-refractivity contribution in [3.8, 4) is 5.69 Å². The van der Waals surface area contributed by atoms with E-state index in [-0.39, 0.29) is 16.7 Å². The Kier molecular flexibility index (Phi) is 5.46. The average Bonchev–Trinajstić information content (AvgIpc) is 3.23. The molecule has 0 N–H and O–H groups in total. The van der Waals surface area contributed by atoms with Gasteiger partial charge in [-0.05, 0) is 57.4 Å². The van der Waals surface area contributed by atoms with E-state index in [2.05, 4.69) is 6.07 Å². The number of amides is 1. The topological polar surface area (TPSA) is 55.2 Å². The molecule has 1 aromatic heterocycles. The molecule has 1 aliphatic heterocycles. The number of hydrogen-bond acceptors (Lipinski definition) is 4. The van der Waals surface area contributed by atoms with Gasteiger partial charge in [0.1, 0.15) is 0 Å². The summed E-state index contributed by atoms with van der Waals surface area (Å²) < 4.78 is 1.66. The van der Waals surface area contributed by atoms with Crippen molar-refractivity contribution in [2.75, 3.05) is 13.1 Å². The molecule has 29 heavy (non-hydrogen) atoms. The second-order valence-electron chi connectivity index (χ2n) is 7.63. The lowest BCUT2D eigenvalue weighted by Gasteiger charge is -2.21. The molecule has 1 aliphatic rings. The van der Waals surface area contributed by atoms with E-state index in [1.54, 1.807) is 10.6 Å². The number of aryl methyl sites for hydroxylation is 2. The Morgan fingerprint density at radius 2 is 1.83 bits per heavy atom. The predicted molar refractivity (Wildman–Crippen MR) is 118 cm³/mol. The van der Waals surface area contributed by atoms with Gasteiger partial charge in [0.05, 0.1) is 21.8 Å². The third kappa shape index (κ3) is 3.81. The zero-order chi connectivity index (χ0) is 20.5. The Morgan fingerprint density at radius 3 is 2.55 bits per heavy atom. The number of carbonyl (C=O) groups is 1. The van der Waals surface area contributed by atoms with Gasteiger partial charge in [-0.3, -0.25) is 14.2 Å². The van der Waals surface area contributed by atoms with E-state index in [0.717, 1.165) is 42.7 Å². The summed E-state index contributed by atoms with van der Waals surface area (Å²) in [5.74, 6) is 0.113. The Hall–Kier alpha value is -2.60. The number of likely N-dealkylation sites (tertiary alicyclic amines) is 1. The van der Waals surface area contributed by atoms with E-state index in [1.807, 2.05) is 56.0 Å². The largest absolute Gasteiger partial charge is 0.342 e. The van der Waals surface area contributed by atoms with Gasteiger partial charge in [-0.15, -0.1) is 0 Å². The number of rotatable bonds is 4. The summed E-state index contributed by atoms with van der Waals surface area (Å²) in [5.41, 5.74) is 3.50. The zero-order valence-corrected chi connectivity index (χ0v) is 17.8. The number of benzene rings is 2. The Balaban J connectivity index is 1.83. The second-order valence-corrected chi connectivity index (χ2v) is 8.94. The molecule has 0 radical (unpaired) electrons. The van der Waals surface area contributed by atoms with Crippen LogP contribution in [-0.4, -0.2) is 38.7 Å². The second kappa shape index (κ2) is 8.03. The summed E-state index contributed by atoms with van der Waals surface area (Å²) in [4.78, 5) is 33.0. The molecule has 150 valence electrons. The molecule has 1 amide bonds. The molecule has 0 spiro atoms. The monoisotopic (exact) mass is 407 g/mol. The summed E-state index contributed by atoms with van der Waals surface area (Å²) in [6, 6.07) is 13.4. The maximum absolute atomic E-state index is 13.4. The standard InChI is InChI=1S/C23H25N3O2S/c1-15-10-11-20(16(2)14-15)26-22(28)18-8-4-5-9-19(18)24-23(26)29-17(3)21(27)25-12-6-7-13-25/h4-5,8-11,14,17H,6-7,12-13H2,1-3H3/t17-/m0/s1. The lowest BCUT2D eigenvalue weighted by atomic mass is 10.1. The minimum atomic E-state index is -0.307. The molecule has 0 aliphatic carbocycles. The van der Waals surface area contributed by atoms with Crippen LogP contribution in [0.2, 0.25) is 0 Å². The summed E-state index contributed by atoms with van der Waals surface area (Å²) in [6.45, 7) is 7.57. The number of aromatic nitrogens is 2. The van der Waals surface area contributed by atoms with E-state index in [9.17, 15) is 9.59 Å². The van der Waals surface area contributed by atoms with Crippen LogP contribution in [-0.2, 0) is 4.79 Å². The van der Waals surface area contributed by atoms with Crippen molar-refractivity contribution in [1.82, 2.24) is 14.5 Å². The molecular formula is C23H25N3O2S. The van der Waals surface area contributed by atoms with E-state index in [1.165, 1.54) is 11.8 Å². The van der Waals surface area contributed by atoms with Gasteiger partial charge < -0.3 is 4.90 Å². The van der Waals surface area contributed by atoms with Crippen LogP contribution in [0.4, 0.5) is 0 Å². The van der Waals surface area contributed by atoms with Crippen molar-refractivity contribution in [3.63, 3.8) is 0 Å². The number of nitrogens with zero attached hydrogens (tertiary/aromatic N) is 3. The molecule has 2 heterocycles. The van der Waals surface area contributed by atoms with Gasteiger partial charge in [0.25, 0.3) is 5.56 Å². The van der Waals surface area contributed by atoms with E-state index >= 15 is 0 Å². The molecular weight excluding hydrogens is 382 g/mol. The molecule has 0 bridgehead atoms. The number of carbonyl (C=O) groups excluding carboxylic acids is 1. The van der Waals surface area contributed by atoms with Crippen molar-refractivity contribution in [1.29, 1.82) is 0 Å². The van der Waals surface area contributed by atoms with Crippen LogP contribution in [0.1, 0.15) is 30.9 Å². The van der Waals surface area contributed by atoms with Gasteiger partial charge in [-0.1, -0.05) is 41.6 Å².